The fourth-order valence-corrected chi connectivity index (χ4v) is 4.61. The molecule has 7 heteroatoms. The topological polar surface area (TPSA) is 83.9 Å². The average Bonchev–Trinajstić information content (AvgIpc) is 2.77. The molecule has 6 nitrogen and oxygen atoms in total. The predicted octanol–water partition coefficient (Wildman–Crippen LogP) is 1.91. The Kier molecular flexibility index (Phi) is 3.57. The molecule has 0 aromatic carbocycles. The van der Waals surface area contributed by atoms with Gasteiger partial charge in [-0.05, 0) is 24.7 Å². The molecule has 2 fully saturated rings. The minimum atomic E-state index is -3.50. The van der Waals surface area contributed by atoms with Gasteiger partial charge in [-0.2, -0.15) is 8.42 Å². The van der Waals surface area contributed by atoms with Gasteiger partial charge in [-0.1, -0.05) is 20.8 Å². The number of carboxylic acid groups (broad SMARTS) is 1. The van der Waals surface area contributed by atoms with Crippen molar-refractivity contribution < 1.29 is 22.5 Å². The van der Waals surface area contributed by atoms with Gasteiger partial charge >= 0.3 is 6.09 Å². The molecule has 2 saturated heterocycles. The largest absolute Gasteiger partial charge is 0.465 e. The molecule has 2 heterocycles. The Morgan fingerprint density at radius 3 is 2.50 bits per heavy atom. The summed E-state index contributed by atoms with van der Waals surface area (Å²) in [4.78, 5) is 13.2. The number of amides is 1. The van der Waals surface area contributed by atoms with Crippen LogP contribution in [-0.2, 0) is 14.3 Å². The van der Waals surface area contributed by atoms with Gasteiger partial charge in [0, 0.05) is 12.0 Å². The van der Waals surface area contributed by atoms with Crippen molar-refractivity contribution in [2.45, 2.75) is 51.6 Å². The lowest BCUT2D eigenvalue weighted by molar-refractivity contribution is 0.00225. The Labute approximate surface area is 120 Å². The fraction of sp³-hybridized carbons (Fsp3) is 0.923. The predicted molar refractivity (Wildman–Crippen MR) is 74.0 cm³/mol. The minimum absolute atomic E-state index is 0.0140. The second-order valence-corrected chi connectivity index (χ2v) is 8.58. The second-order valence-electron chi connectivity index (χ2n) is 6.94. The van der Waals surface area contributed by atoms with Crippen LogP contribution in [0.15, 0.2) is 0 Å². The summed E-state index contributed by atoms with van der Waals surface area (Å²) in [6, 6.07) is -0.0140. The Morgan fingerprint density at radius 1 is 1.45 bits per heavy atom. The number of hydrogen-bond acceptors (Lipinski definition) is 4. The van der Waals surface area contributed by atoms with Crippen LogP contribution in [0.2, 0.25) is 0 Å². The van der Waals surface area contributed by atoms with Crippen molar-refractivity contribution in [2.75, 3.05) is 12.9 Å². The van der Waals surface area contributed by atoms with Crippen LogP contribution in [-0.4, -0.2) is 49.0 Å². The van der Waals surface area contributed by atoms with E-state index in [4.69, 9.17) is 4.18 Å². The SMILES string of the molecule is CC(C)(C)C12CCC(CC1COS(C)(=O)=O)N2C(=O)O. The summed E-state index contributed by atoms with van der Waals surface area (Å²) >= 11 is 0. The highest BCUT2D eigenvalue weighted by molar-refractivity contribution is 7.85. The van der Waals surface area contributed by atoms with Crippen LogP contribution in [0.5, 0.6) is 0 Å². The fourth-order valence-electron chi connectivity index (χ4n) is 4.20. The third-order valence-corrected chi connectivity index (χ3v) is 5.44. The van der Waals surface area contributed by atoms with Gasteiger partial charge < -0.3 is 5.11 Å². The first kappa shape index (κ1) is 15.6. The van der Waals surface area contributed by atoms with Gasteiger partial charge in [0.2, 0.25) is 0 Å². The quantitative estimate of drug-likeness (QED) is 0.805. The minimum Gasteiger partial charge on any atom is -0.465 e. The Morgan fingerprint density at radius 2 is 2.05 bits per heavy atom. The molecule has 2 aliphatic heterocycles. The molecule has 0 saturated carbocycles. The Balaban J connectivity index is 2.33. The van der Waals surface area contributed by atoms with E-state index in [0.29, 0.717) is 6.42 Å². The zero-order chi connectivity index (χ0) is 15.3. The number of carbonyl (C=O) groups is 1. The zero-order valence-corrected chi connectivity index (χ0v) is 13.2. The average molecular weight is 305 g/mol. The lowest BCUT2D eigenvalue weighted by atomic mass is 9.63. The van der Waals surface area contributed by atoms with Crippen molar-refractivity contribution >= 4 is 16.2 Å². The van der Waals surface area contributed by atoms with E-state index in [1.165, 1.54) is 0 Å². The lowest BCUT2D eigenvalue weighted by Gasteiger charge is -2.48. The van der Waals surface area contributed by atoms with Gasteiger partial charge in [0.05, 0.1) is 18.4 Å². The monoisotopic (exact) mass is 305 g/mol. The van der Waals surface area contributed by atoms with E-state index in [-0.39, 0.29) is 24.0 Å². The molecule has 2 aliphatic rings. The first-order chi connectivity index (χ1) is 8.99. The summed E-state index contributed by atoms with van der Waals surface area (Å²) < 4.78 is 27.4. The van der Waals surface area contributed by atoms with Crippen molar-refractivity contribution in [3.8, 4) is 0 Å². The summed E-state index contributed by atoms with van der Waals surface area (Å²) in [5.41, 5.74) is -0.795. The first-order valence-corrected chi connectivity index (χ1v) is 8.67. The van der Waals surface area contributed by atoms with Gasteiger partial charge in [0.25, 0.3) is 10.1 Å². The van der Waals surface area contributed by atoms with Gasteiger partial charge in [0.15, 0.2) is 0 Å². The van der Waals surface area contributed by atoms with E-state index in [0.717, 1.165) is 19.1 Å². The van der Waals surface area contributed by atoms with E-state index in [2.05, 4.69) is 0 Å². The van der Waals surface area contributed by atoms with Crippen LogP contribution >= 0.6 is 0 Å². The molecule has 0 spiro atoms. The molecule has 1 amide bonds. The number of rotatable bonds is 3. The first-order valence-electron chi connectivity index (χ1n) is 6.86. The second kappa shape index (κ2) is 4.59. The summed E-state index contributed by atoms with van der Waals surface area (Å²) in [5, 5.41) is 9.54. The molecular weight excluding hydrogens is 282 g/mol. The summed E-state index contributed by atoms with van der Waals surface area (Å²) in [5.74, 6) is -0.0768. The molecule has 0 radical (unpaired) electrons. The van der Waals surface area contributed by atoms with Crippen molar-refractivity contribution in [1.29, 1.82) is 0 Å². The maximum atomic E-state index is 11.6. The molecule has 0 aliphatic carbocycles. The summed E-state index contributed by atoms with van der Waals surface area (Å²) in [7, 11) is -3.50. The van der Waals surface area contributed by atoms with Crippen LogP contribution < -0.4 is 0 Å². The number of fused-ring (bicyclic) bond motifs is 2. The normalized spacial score (nSPS) is 33.7. The molecule has 3 unspecified atom stereocenters. The molecule has 116 valence electrons. The van der Waals surface area contributed by atoms with Gasteiger partial charge in [-0.25, -0.2) is 4.79 Å². The van der Waals surface area contributed by atoms with Crippen LogP contribution in [0.3, 0.4) is 0 Å². The van der Waals surface area contributed by atoms with Crippen molar-refractivity contribution in [3.05, 3.63) is 0 Å². The zero-order valence-electron chi connectivity index (χ0n) is 12.4. The standard InChI is InChI=1S/C13H23NO5S/c1-12(2,3)13-6-5-10(14(13)11(15)16)7-9(13)8-19-20(4,17)18/h9-10H,5-8H2,1-4H3,(H,15,16). The van der Waals surface area contributed by atoms with Crippen molar-refractivity contribution in [3.63, 3.8) is 0 Å². The van der Waals surface area contributed by atoms with E-state index in [1.54, 1.807) is 4.90 Å². The highest BCUT2D eigenvalue weighted by Gasteiger charge is 2.64. The maximum Gasteiger partial charge on any atom is 0.408 e. The lowest BCUT2D eigenvalue weighted by Crippen LogP contribution is -2.57. The van der Waals surface area contributed by atoms with Crippen LogP contribution in [0.4, 0.5) is 4.79 Å². The summed E-state index contributed by atoms with van der Waals surface area (Å²) in [6.45, 7) is 6.12. The number of hydrogen-bond donors (Lipinski definition) is 1. The van der Waals surface area contributed by atoms with E-state index < -0.39 is 21.8 Å². The third-order valence-electron chi connectivity index (χ3n) is 4.87. The van der Waals surface area contributed by atoms with E-state index in [9.17, 15) is 18.3 Å². The van der Waals surface area contributed by atoms with Crippen molar-refractivity contribution in [1.82, 2.24) is 4.90 Å². The Hall–Kier alpha value is -0.820. The third kappa shape index (κ3) is 2.30. The molecule has 2 rings (SSSR count). The van der Waals surface area contributed by atoms with Crippen LogP contribution in [0.25, 0.3) is 0 Å². The van der Waals surface area contributed by atoms with Gasteiger partial charge in [-0.15, -0.1) is 0 Å². The molecule has 3 atom stereocenters. The summed E-state index contributed by atoms with van der Waals surface area (Å²) in [6.07, 6.45) is 2.41. The number of nitrogens with zero attached hydrogens (tertiary/aromatic N) is 1. The van der Waals surface area contributed by atoms with Crippen LogP contribution in [0.1, 0.15) is 40.0 Å². The smallest absolute Gasteiger partial charge is 0.408 e. The highest BCUT2D eigenvalue weighted by Crippen LogP contribution is 2.58. The molecule has 2 bridgehead atoms. The van der Waals surface area contributed by atoms with Crippen molar-refractivity contribution in [2.24, 2.45) is 11.3 Å². The van der Waals surface area contributed by atoms with Crippen LogP contribution in [0, 0.1) is 11.3 Å². The Bertz CT molecular complexity index is 509. The molecule has 0 aromatic rings. The van der Waals surface area contributed by atoms with E-state index in [1.807, 2.05) is 20.8 Å². The van der Waals surface area contributed by atoms with Gasteiger partial charge in [0.1, 0.15) is 0 Å². The molecule has 20 heavy (non-hydrogen) atoms. The molecule has 1 N–H and O–H groups in total. The molecular formula is C13H23NO5S. The molecule has 0 aromatic heterocycles. The maximum absolute atomic E-state index is 11.6. The highest BCUT2D eigenvalue weighted by atomic mass is 32.2. The van der Waals surface area contributed by atoms with Gasteiger partial charge in [-0.3, -0.25) is 9.08 Å². The van der Waals surface area contributed by atoms with E-state index >= 15 is 0 Å².